The molecule has 0 radical (unpaired) electrons. The molecular formula is C25H20O4. The van der Waals surface area contributed by atoms with Crippen molar-refractivity contribution >= 4 is 16.8 Å². The summed E-state index contributed by atoms with van der Waals surface area (Å²) in [5.74, 6) is 1.14. The number of phenols is 1. The number of benzene rings is 3. The molecule has 0 amide bonds. The smallest absolute Gasteiger partial charge is 0.228 e. The summed E-state index contributed by atoms with van der Waals surface area (Å²) in [7, 11) is 0. The minimum Gasteiger partial charge on any atom is -0.508 e. The number of ketones is 1. The molecule has 1 N–H and O–H groups in total. The quantitative estimate of drug-likeness (QED) is 0.462. The number of rotatable bonds is 3. The highest BCUT2D eigenvalue weighted by molar-refractivity contribution is 6.15. The summed E-state index contributed by atoms with van der Waals surface area (Å²) < 4.78 is 11.9. The molecule has 1 aromatic heterocycles. The number of hydrogen-bond donors (Lipinski definition) is 1. The summed E-state index contributed by atoms with van der Waals surface area (Å²) in [5.41, 5.74) is 5.00. The highest BCUT2D eigenvalue weighted by atomic mass is 16.5. The zero-order valence-electron chi connectivity index (χ0n) is 16.1. The van der Waals surface area contributed by atoms with E-state index in [1.165, 1.54) is 0 Å². The maximum Gasteiger partial charge on any atom is 0.228 e. The molecule has 29 heavy (non-hydrogen) atoms. The first-order chi connectivity index (χ1) is 14.1. The lowest BCUT2D eigenvalue weighted by Crippen LogP contribution is -2.07. The van der Waals surface area contributed by atoms with Gasteiger partial charge in [0.25, 0.3) is 0 Å². The first kappa shape index (κ1) is 17.6. The second-order valence-corrected chi connectivity index (χ2v) is 7.46. The lowest BCUT2D eigenvalue weighted by atomic mass is 9.95. The van der Waals surface area contributed by atoms with Crippen LogP contribution in [0.4, 0.5) is 0 Å². The monoisotopic (exact) mass is 384 g/mol. The van der Waals surface area contributed by atoms with Gasteiger partial charge in [-0.15, -0.1) is 0 Å². The summed E-state index contributed by atoms with van der Waals surface area (Å²) in [6.45, 7) is 2.68. The number of aryl methyl sites for hydroxylation is 2. The summed E-state index contributed by atoms with van der Waals surface area (Å²) >= 11 is 0. The first-order valence-corrected chi connectivity index (χ1v) is 9.73. The lowest BCUT2D eigenvalue weighted by Gasteiger charge is -2.16. The summed E-state index contributed by atoms with van der Waals surface area (Å²) in [6, 6.07) is 18.3. The average Bonchev–Trinajstić information content (AvgIpc) is 3.11. The van der Waals surface area contributed by atoms with Gasteiger partial charge in [0.1, 0.15) is 17.1 Å². The highest BCUT2D eigenvalue weighted by Crippen LogP contribution is 2.40. The molecule has 0 fully saturated rings. The number of carbonyl (C=O) groups excluding carboxylic acids is 1. The van der Waals surface area contributed by atoms with Crippen molar-refractivity contribution in [1.82, 2.24) is 0 Å². The molecule has 5 rings (SSSR count). The van der Waals surface area contributed by atoms with Gasteiger partial charge < -0.3 is 14.3 Å². The van der Waals surface area contributed by atoms with Crippen LogP contribution < -0.4 is 4.74 Å². The van der Waals surface area contributed by atoms with E-state index in [1.54, 1.807) is 12.1 Å². The fourth-order valence-electron chi connectivity index (χ4n) is 3.85. The Morgan fingerprint density at radius 3 is 2.52 bits per heavy atom. The lowest BCUT2D eigenvalue weighted by molar-refractivity contribution is 0.101. The Morgan fingerprint density at radius 2 is 1.76 bits per heavy atom. The van der Waals surface area contributed by atoms with E-state index in [-0.39, 0.29) is 11.5 Å². The number of aromatic hydroxyl groups is 1. The predicted molar refractivity (Wildman–Crippen MR) is 112 cm³/mol. The van der Waals surface area contributed by atoms with Crippen LogP contribution in [0, 0.1) is 6.92 Å². The van der Waals surface area contributed by atoms with Gasteiger partial charge in [-0.1, -0.05) is 42.0 Å². The topological polar surface area (TPSA) is 59.7 Å². The number of hydrogen-bond acceptors (Lipinski definition) is 4. The normalized spacial score (nSPS) is 13.1. The van der Waals surface area contributed by atoms with Crippen molar-refractivity contribution < 1.29 is 19.1 Å². The van der Waals surface area contributed by atoms with E-state index in [1.807, 2.05) is 49.4 Å². The second-order valence-electron chi connectivity index (χ2n) is 7.46. The van der Waals surface area contributed by atoms with Crippen LogP contribution in [-0.2, 0) is 6.42 Å². The van der Waals surface area contributed by atoms with Crippen molar-refractivity contribution in [3.05, 3.63) is 83.1 Å². The van der Waals surface area contributed by atoms with Gasteiger partial charge in [0.15, 0.2) is 5.76 Å². The fraction of sp³-hybridized carbons (Fsp3) is 0.160. The van der Waals surface area contributed by atoms with E-state index in [9.17, 15) is 9.90 Å². The number of furan rings is 1. The van der Waals surface area contributed by atoms with Crippen LogP contribution in [0.3, 0.4) is 0 Å². The Morgan fingerprint density at radius 1 is 1.00 bits per heavy atom. The van der Waals surface area contributed by atoms with E-state index >= 15 is 0 Å². The summed E-state index contributed by atoms with van der Waals surface area (Å²) in [5, 5.41) is 10.6. The molecule has 0 atom stereocenters. The van der Waals surface area contributed by atoms with Crippen LogP contribution in [0.25, 0.3) is 22.1 Å². The molecule has 3 aromatic carbocycles. The van der Waals surface area contributed by atoms with Crippen LogP contribution >= 0.6 is 0 Å². The van der Waals surface area contributed by atoms with Crippen LogP contribution in [0.5, 0.6) is 11.5 Å². The van der Waals surface area contributed by atoms with Crippen LogP contribution in [-0.4, -0.2) is 17.5 Å². The molecule has 144 valence electrons. The van der Waals surface area contributed by atoms with Crippen molar-refractivity contribution in [2.45, 2.75) is 19.8 Å². The molecular weight excluding hydrogens is 364 g/mol. The molecule has 0 spiro atoms. The van der Waals surface area contributed by atoms with Gasteiger partial charge in [-0.05, 0) is 49.1 Å². The van der Waals surface area contributed by atoms with Crippen molar-refractivity contribution in [3.63, 3.8) is 0 Å². The number of phenolic OH excluding ortho intramolecular Hbond substituents is 1. The molecule has 4 heteroatoms. The number of fused-ring (bicyclic) bond motifs is 2. The average molecular weight is 384 g/mol. The van der Waals surface area contributed by atoms with E-state index in [2.05, 4.69) is 6.07 Å². The molecule has 1 aliphatic rings. The molecule has 0 bridgehead atoms. The van der Waals surface area contributed by atoms with Crippen LogP contribution in [0.2, 0.25) is 0 Å². The standard InChI is InChI=1S/C25H20O4/c1-15-4-6-17(7-5-15)24(27)25-23(16-8-10-19(26)11-9-16)20-13-18-3-2-12-28-21(18)14-22(20)29-25/h4-11,13-14,26H,2-3,12H2,1H3. The minimum atomic E-state index is -0.164. The maximum absolute atomic E-state index is 13.3. The van der Waals surface area contributed by atoms with Crippen molar-refractivity contribution in [2.24, 2.45) is 0 Å². The van der Waals surface area contributed by atoms with Gasteiger partial charge in [-0.2, -0.15) is 0 Å². The third kappa shape index (κ3) is 3.07. The van der Waals surface area contributed by atoms with Crippen molar-refractivity contribution in [2.75, 3.05) is 6.61 Å². The highest BCUT2D eigenvalue weighted by Gasteiger charge is 2.25. The minimum absolute atomic E-state index is 0.164. The predicted octanol–water partition coefficient (Wildman–Crippen LogP) is 5.67. The van der Waals surface area contributed by atoms with E-state index < -0.39 is 0 Å². The SMILES string of the molecule is Cc1ccc(C(=O)c2oc3cc4c(cc3c2-c2ccc(O)cc2)CCCO4)cc1. The second kappa shape index (κ2) is 6.82. The van der Waals surface area contributed by atoms with Gasteiger partial charge in [0.2, 0.25) is 5.78 Å². The molecule has 2 heterocycles. The molecule has 0 saturated heterocycles. The molecule has 0 unspecified atom stereocenters. The van der Waals surface area contributed by atoms with E-state index in [4.69, 9.17) is 9.15 Å². The number of carbonyl (C=O) groups is 1. The van der Waals surface area contributed by atoms with Crippen LogP contribution in [0.15, 0.2) is 65.1 Å². The van der Waals surface area contributed by atoms with E-state index in [0.717, 1.165) is 46.2 Å². The molecule has 4 nitrogen and oxygen atoms in total. The Balaban J connectivity index is 1.75. The third-order valence-electron chi connectivity index (χ3n) is 5.40. The molecule has 1 aliphatic heterocycles. The third-order valence-corrected chi connectivity index (χ3v) is 5.40. The van der Waals surface area contributed by atoms with Crippen LogP contribution in [0.1, 0.15) is 33.7 Å². The Bertz CT molecular complexity index is 1210. The Kier molecular flexibility index (Phi) is 4.13. The van der Waals surface area contributed by atoms with Gasteiger partial charge in [0, 0.05) is 22.6 Å². The van der Waals surface area contributed by atoms with Gasteiger partial charge >= 0.3 is 0 Å². The zero-order chi connectivity index (χ0) is 20.0. The largest absolute Gasteiger partial charge is 0.508 e. The number of ether oxygens (including phenoxy) is 1. The molecule has 0 aliphatic carbocycles. The molecule has 0 saturated carbocycles. The maximum atomic E-state index is 13.3. The fourth-order valence-corrected chi connectivity index (χ4v) is 3.85. The first-order valence-electron chi connectivity index (χ1n) is 9.73. The summed E-state index contributed by atoms with van der Waals surface area (Å²) in [6.07, 6.45) is 1.91. The zero-order valence-corrected chi connectivity index (χ0v) is 16.1. The Hall–Kier alpha value is -3.53. The van der Waals surface area contributed by atoms with Crippen molar-refractivity contribution in [3.8, 4) is 22.6 Å². The Labute approximate surface area is 168 Å². The van der Waals surface area contributed by atoms with Gasteiger partial charge in [-0.25, -0.2) is 0 Å². The molecule has 4 aromatic rings. The summed E-state index contributed by atoms with van der Waals surface area (Å²) in [4.78, 5) is 13.3. The van der Waals surface area contributed by atoms with Gasteiger partial charge in [-0.3, -0.25) is 4.79 Å². The van der Waals surface area contributed by atoms with Gasteiger partial charge in [0.05, 0.1) is 6.61 Å². The van der Waals surface area contributed by atoms with E-state index in [0.29, 0.717) is 23.5 Å². The van der Waals surface area contributed by atoms with Crippen molar-refractivity contribution in [1.29, 1.82) is 0 Å².